The molecule has 0 aliphatic heterocycles. The van der Waals surface area contributed by atoms with Gasteiger partial charge in [-0.25, -0.2) is 9.42 Å². The summed E-state index contributed by atoms with van der Waals surface area (Å²) in [5, 5.41) is 15.6. The van der Waals surface area contributed by atoms with Gasteiger partial charge in [-0.2, -0.15) is 0 Å². The third-order valence-electron chi connectivity index (χ3n) is 1.60. The SMILES string of the molecule is CCOC(=O)c1nonc1CCCO. The maximum absolute atomic E-state index is 11.2. The fourth-order valence-electron chi connectivity index (χ4n) is 0.972. The van der Waals surface area contributed by atoms with Gasteiger partial charge in [0.15, 0.2) is 0 Å². The number of ether oxygens (including phenoxy) is 1. The Morgan fingerprint density at radius 3 is 3.00 bits per heavy atom. The minimum absolute atomic E-state index is 0.0368. The Hall–Kier alpha value is -1.43. The van der Waals surface area contributed by atoms with Crippen molar-refractivity contribution in [1.29, 1.82) is 0 Å². The maximum Gasteiger partial charge on any atom is 0.362 e. The summed E-state index contributed by atoms with van der Waals surface area (Å²) < 4.78 is 9.17. The van der Waals surface area contributed by atoms with Crippen molar-refractivity contribution in [1.82, 2.24) is 10.3 Å². The first-order chi connectivity index (χ1) is 6.79. The molecule has 1 aromatic heterocycles. The number of carbonyl (C=O) groups excluding carboxylic acids is 1. The van der Waals surface area contributed by atoms with Crippen LogP contribution >= 0.6 is 0 Å². The van der Waals surface area contributed by atoms with Crippen LogP contribution in [0.25, 0.3) is 0 Å². The van der Waals surface area contributed by atoms with E-state index >= 15 is 0 Å². The molecule has 0 spiro atoms. The largest absolute Gasteiger partial charge is 0.461 e. The molecule has 1 aromatic rings. The number of aliphatic hydroxyl groups is 1. The number of hydrogen-bond donors (Lipinski definition) is 1. The van der Waals surface area contributed by atoms with Crippen molar-refractivity contribution in [3.8, 4) is 0 Å². The average Bonchev–Trinajstić information content (AvgIpc) is 2.63. The van der Waals surface area contributed by atoms with E-state index in [0.29, 0.717) is 18.5 Å². The van der Waals surface area contributed by atoms with Gasteiger partial charge in [-0.15, -0.1) is 0 Å². The van der Waals surface area contributed by atoms with Crippen LogP contribution in [-0.4, -0.2) is 34.6 Å². The zero-order valence-corrected chi connectivity index (χ0v) is 7.89. The summed E-state index contributed by atoms with van der Waals surface area (Å²) in [6, 6.07) is 0. The lowest BCUT2D eigenvalue weighted by Gasteiger charge is -1.98. The second-order valence-electron chi connectivity index (χ2n) is 2.61. The molecule has 0 aromatic carbocycles. The summed E-state index contributed by atoms with van der Waals surface area (Å²) in [7, 11) is 0. The molecular weight excluding hydrogens is 188 g/mol. The van der Waals surface area contributed by atoms with Crippen molar-refractivity contribution in [3.63, 3.8) is 0 Å². The molecule has 1 rings (SSSR count). The number of aryl methyl sites for hydroxylation is 1. The predicted octanol–water partition coefficient (Wildman–Crippen LogP) is 0.171. The van der Waals surface area contributed by atoms with Crippen LogP contribution in [0.5, 0.6) is 0 Å². The Balaban J connectivity index is 2.66. The minimum atomic E-state index is -0.540. The first-order valence-electron chi connectivity index (χ1n) is 4.39. The zero-order chi connectivity index (χ0) is 10.4. The molecule has 0 amide bonds. The molecular formula is C8H12N2O4. The Kier molecular flexibility index (Phi) is 4.06. The van der Waals surface area contributed by atoms with E-state index in [1.165, 1.54) is 0 Å². The summed E-state index contributed by atoms with van der Waals surface area (Å²) in [5.74, 6) is -0.540. The van der Waals surface area contributed by atoms with Crippen molar-refractivity contribution in [2.24, 2.45) is 0 Å². The summed E-state index contributed by atoms with van der Waals surface area (Å²) >= 11 is 0. The monoisotopic (exact) mass is 200 g/mol. The van der Waals surface area contributed by atoms with Crippen molar-refractivity contribution >= 4 is 5.97 Å². The lowest BCUT2D eigenvalue weighted by atomic mass is 10.2. The summed E-state index contributed by atoms with van der Waals surface area (Å²) in [4.78, 5) is 11.2. The van der Waals surface area contributed by atoms with Crippen LogP contribution in [0, 0.1) is 0 Å². The number of aromatic nitrogens is 2. The summed E-state index contributed by atoms with van der Waals surface area (Å²) in [6.07, 6.45) is 0.967. The molecule has 78 valence electrons. The molecule has 0 fully saturated rings. The van der Waals surface area contributed by atoms with Gasteiger partial charge >= 0.3 is 5.97 Å². The minimum Gasteiger partial charge on any atom is -0.461 e. The van der Waals surface area contributed by atoms with E-state index in [-0.39, 0.29) is 18.9 Å². The molecule has 1 N–H and O–H groups in total. The van der Waals surface area contributed by atoms with Crippen LogP contribution < -0.4 is 0 Å². The topological polar surface area (TPSA) is 85.5 Å². The highest BCUT2D eigenvalue weighted by atomic mass is 16.6. The van der Waals surface area contributed by atoms with Gasteiger partial charge < -0.3 is 9.84 Å². The number of nitrogens with zero attached hydrogens (tertiary/aromatic N) is 2. The van der Waals surface area contributed by atoms with E-state index in [9.17, 15) is 4.79 Å². The first kappa shape index (κ1) is 10.6. The predicted molar refractivity (Wildman–Crippen MR) is 45.7 cm³/mol. The molecule has 0 unspecified atom stereocenters. The average molecular weight is 200 g/mol. The maximum atomic E-state index is 11.2. The highest BCUT2D eigenvalue weighted by Crippen LogP contribution is 2.07. The van der Waals surface area contributed by atoms with Crippen molar-refractivity contribution < 1.29 is 19.3 Å². The van der Waals surface area contributed by atoms with Gasteiger partial charge in [0.05, 0.1) is 6.61 Å². The van der Waals surface area contributed by atoms with E-state index in [1.807, 2.05) is 0 Å². The van der Waals surface area contributed by atoms with Gasteiger partial charge in [-0.05, 0) is 24.9 Å². The second-order valence-corrected chi connectivity index (χ2v) is 2.61. The summed E-state index contributed by atoms with van der Waals surface area (Å²) in [6.45, 7) is 2.03. The fourth-order valence-corrected chi connectivity index (χ4v) is 0.972. The number of carbonyl (C=O) groups is 1. The molecule has 6 nitrogen and oxygen atoms in total. The van der Waals surface area contributed by atoms with Crippen LogP contribution in [0.1, 0.15) is 29.5 Å². The molecule has 0 bridgehead atoms. The Morgan fingerprint density at radius 2 is 2.36 bits per heavy atom. The molecule has 1 heterocycles. The fraction of sp³-hybridized carbons (Fsp3) is 0.625. The smallest absolute Gasteiger partial charge is 0.362 e. The normalized spacial score (nSPS) is 10.1. The van der Waals surface area contributed by atoms with Crippen LogP contribution in [0.2, 0.25) is 0 Å². The molecule has 6 heteroatoms. The Labute approximate surface area is 80.8 Å². The molecule has 0 atom stereocenters. The highest BCUT2D eigenvalue weighted by Gasteiger charge is 2.18. The number of hydrogen-bond acceptors (Lipinski definition) is 6. The molecule has 0 saturated heterocycles. The van der Waals surface area contributed by atoms with Crippen molar-refractivity contribution in [2.45, 2.75) is 19.8 Å². The highest BCUT2D eigenvalue weighted by molar-refractivity contribution is 5.88. The number of aliphatic hydroxyl groups excluding tert-OH is 1. The third-order valence-corrected chi connectivity index (χ3v) is 1.60. The standard InChI is InChI=1S/C8H12N2O4/c1-2-13-8(12)7-6(4-3-5-11)9-14-10-7/h11H,2-5H2,1H3. The van der Waals surface area contributed by atoms with Gasteiger partial charge in [0.1, 0.15) is 5.69 Å². The number of rotatable bonds is 5. The van der Waals surface area contributed by atoms with E-state index in [2.05, 4.69) is 14.9 Å². The quantitative estimate of drug-likeness (QED) is 0.682. The van der Waals surface area contributed by atoms with Crippen molar-refractivity contribution in [3.05, 3.63) is 11.4 Å². The Bertz CT molecular complexity index is 297. The van der Waals surface area contributed by atoms with Crippen molar-refractivity contribution in [2.75, 3.05) is 13.2 Å². The molecule has 0 radical (unpaired) electrons. The lowest BCUT2D eigenvalue weighted by Crippen LogP contribution is -2.08. The molecule has 0 aliphatic carbocycles. The van der Waals surface area contributed by atoms with E-state index in [4.69, 9.17) is 9.84 Å². The van der Waals surface area contributed by atoms with Gasteiger partial charge in [-0.3, -0.25) is 0 Å². The first-order valence-corrected chi connectivity index (χ1v) is 4.39. The van der Waals surface area contributed by atoms with Gasteiger partial charge in [0.2, 0.25) is 5.69 Å². The third kappa shape index (κ3) is 2.53. The van der Waals surface area contributed by atoms with Gasteiger partial charge in [-0.1, -0.05) is 5.16 Å². The molecule has 0 saturated carbocycles. The second kappa shape index (κ2) is 5.33. The van der Waals surface area contributed by atoms with Crippen LogP contribution in [-0.2, 0) is 11.2 Å². The summed E-state index contributed by atoms with van der Waals surface area (Å²) in [5.41, 5.74) is 0.526. The van der Waals surface area contributed by atoms with Crippen LogP contribution in [0.3, 0.4) is 0 Å². The van der Waals surface area contributed by atoms with E-state index in [1.54, 1.807) is 6.92 Å². The van der Waals surface area contributed by atoms with Crippen LogP contribution in [0.4, 0.5) is 0 Å². The van der Waals surface area contributed by atoms with E-state index in [0.717, 1.165) is 0 Å². The molecule has 14 heavy (non-hydrogen) atoms. The lowest BCUT2D eigenvalue weighted by molar-refractivity contribution is 0.0513. The van der Waals surface area contributed by atoms with Gasteiger partial charge in [0.25, 0.3) is 0 Å². The van der Waals surface area contributed by atoms with Crippen LogP contribution in [0.15, 0.2) is 4.63 Å². The molecule has 0 aliphatic rings. The van der Waals surface area contributed by atoms with E-state index < -0.39 is 5.97 Å². The number of esters is 1. The Morgan fingerprint density at radius 1 is 1.57 bits per heavy atom. The zero-order valence-electron chi connectivity index (χ0n) is 7.89. The van der Waals surface area contributed by atoms with Gasteiger partial charge in [0, 0.05) is 6.61 Å².